The van der Waals surface area contributed by atoms with Crippen molar-refractivity contribution in [3.05, 3.63) is 48.2 Å². The summed E-state index contributed by atoms with van der Waals surface area (Å²) in [5, 5.41) is 2.85. The van der Waals surface area contributed by atoms with E-state index in [1.54, 1.807) is 25.4 Å². The van der Waals surface area contributed by atoms with E-state index in [-0.39, 0.29) is 11.7 Å². The number of aromatic nitrogens is 2. The first kappa shape index (κ1) is 22.6. The summed E-state index contributed by atoms with van der Waals surface area (Å²) < 4.78 is 11.4. The lowest BCUT2D eigenvalue weighted by Gasteiger charge is -2.31. The van der Waals surface area contributed by atoms with E-state index in [9.17, 15) is 9.59 Å². The van der Waals surface area contributed by atoms with Crippen molar-refractivity contribution < 1.29 is 19.1 Å². The smallest absolute Gasteiger partial charge is 0.234 e. The Kier molecular flexibility index (Phi) is 6.64. The van der Waals surface area contributed by atoms with Crippen molar-refractivity contribution in [2.75, 3.05) is 44.4 Å². The van der Waals surface area contributed by atoms with Crippen molar-refractivity contribution in [3.8, 4) is 11.6 Å². The molecule has 0 bridgehead atoms. The summed E-state index contributed by atoms with van der Waals surface area (Å²) in [6.07, 6.45) is 3.65. The fourth-order valence-electron chi connectivity index (χ4n) is 4.28. The molecular weight excluding hydrogens is 452 g/mol. The Morgan fingerprint density at radius 2 is 2.06 bits per heavy atom. The molecule has 2 aliphatic heterocycles. The molecule has 1 saturated heterocycles. The summed E-state index contributed by atoms with van der Waals surface area (Å²) in [4.78, 5) is 36.5. The van der Waals surface area contributed by atoms with Gasteiger partial charge in [-0.1, -0.05) is 6.07 Å². The summed E-state index contributed by atoms with van der Waals surface area (Å²) in [6.45, 7) is 2.68. The number of carbonyl (C=O) groups is 2. The Balaban J connectivity index is 1.14. The van der Waals surface area contributed by atoms with E-state index in [4.69, 9.17) is 9.47 Å². The minimum absolute atomic E-state index is 0.0268. The Morgan fingerprint density at radius 3 is 2.88 bits per heavy atom. The number of hydrogen-bond donors (Lipinski definition) is 1. The number of hydrogen-bond acceptors (Lipinski definition) is 8. The maximum atomic E-state index is 12.8. The second kappa shape index (κ2) is 9.99. The molecule has 0 aliphatic carbocycles. The number of carbonyl (C=O) groups excluding carboxylic acids is 2. The van der Waals surface area contributed by atoms with E-state index in [1.165, 1.54) is 11.8 Å². The number of fused-ring (bicyclic) bond motifs is 2. The molecule has 1 aromatic carbocycles. The molecule has 9 heteroatoms. The van der Waals surface area contributed by atoms with Gasteiger partial charge in [0, 0.05) is 28.8 Å². The molecule has 34 heavy (non-hydrogen) atoms. The highest BCUT2D eigenvalue weighted by atomic mass is 32.2. The minimum Gasteiger partial charge on any atom is -0.491 e. The lowest BCUT2D eigenvalue weighted by atomic mass is 9.97. The van der Waals surface area contributed by atoms with E-state index in [1.807, 2.05) is 24.3 Å². The Morgan fingerprint density at radius 1 is 1.21 bits per heavy atom. The van der Waals surface area contributed by atoms with Crippen LogP contribution in [0.2, 0.25) is 0 Å². The third-order valence-corrected chi connectivity index (χ3v) is 7.29. The van der Waals surface area contributed by atoms with E-state index in [0.717, 1.165) is 42.0 Å². The van der Waals surface area contributed by atoms with Crippen LogP contribution < -0.4 is 14.8 Å². The number of likely N-dealkylation sites (tertiary alicyclic amines) is 1. The van der Waals surface area contributed by atoms with Crippen LogP contribution in [-0.2, 0) is 4.79 Å². The van der Waals surface area contributed by atoms with Crippen LogP contribution >= 0.6 is 11.8 Å². The number of nitrogens with zero attached hydrogens (tertiary/aromatic N) is 3. The van der Waals surface area contributed by atoms with Crippen molar-refractivity contribution >= 4 is 40.2 Å². The van der Waals surface area contributed by atoms with E-state index < -0.39 is 0 Å². The summed E-state index contributed by atoms with van der Waals surface area (Å²) in [6, 6.07) is 11.1. The highest BCUT2D eigenvalue weighted by molar-refractivity contribution is 8.00. The third kappa shape index (κ3) is 5.00. The largest absolute Gasteiger partial charge is 0.491 e. The van der Waals surface area contributed by atoms with Gasteiger partial charge in [0.05, 0.1) is 37.2 Å². The van der Waals surface area contributed by atoms with E-state index in [0.29, 0.717) is 47.5 Å². The number of anilines is 1. The summed E-state index contributed by atoms with van der Waals surface area (Å²) in [7, 11) is 1.59. The fraction of sp³-hybridized carbons (Fsp3) is 0.360. The average molecular weight is 479 g/mol. The van der Waals surface area contributed by atoms with Crippen molar-refractivity contribution in [3.63, 3.8) is 0 Å². The Bertz CT molecular complexity index is 1230. The molecule has 0 saturated carbocycles. The number of amides is 1. The molecule has 0 radical (unpaired) electrons. The molecule has 1 fully saturated rings. The van der Waals surface area contributed by atoms with Crippen LogP contribution in [0.3, 0.4) is 0 Å². The molecule has 4 heterocycles. The molecule has 0 unspecified atom stereocenters. The van der Waals surface area contributed by atoms with Crippen LogP contribution in [0, 0.1) is 5.92 Å². The molecule has 3 aromatic rings. The molecule has 1 amide bonds. The van der Waals surface area contributed by atoms with Gasteiger partial charge in [-0.05, 0) is 50.0 Å². The van der Waals surface area contributed by atoms with Gasteiger partial charge >= 0.3 is 0 Å². The van der Waals surface area contributed by atoms with Crippen molar-refractivity contribution in [2.24, 2.45) is 5.92 Å². The van der Waals surface area contributed by atoms with Crippen LogP contribution in [-0.4, -0.2) is 65.7 Å². The number of benzene rings is 1. The molecule has 2 aromatic heterocycles. The number of Topliss-reactive ketones (excluding diaryl/α,β-unsaturated/α-hetero) is 1. The zero-order chi connectivity index (χ0) is 23.5. The number of piperidine rings is 1. The lowest BCUT2D eigenvalue weighted by Crippen LogP contribution is -2.38. The normalized spacial score (nSPS) is 16.7. The first-order valence-corrected chi connectivity index (χ1v) is 12.3. The SMILES string of the molecule is COc1ccc2nccc(OCC3CCN(CC(=O)c4ccc5c(c4)NC(=O)CS5)CC3)c2n1. The van der Waals surface area contributed by atoms with Gasteiger partial charge < -0.3 is 14.8 Å². The number of ether oxygens (including phenoxy) is 2. The number of ketones is 1. The van der Waals surface area contributed by atoms with Crippen LogP contribution in [0.5, 0.6) is 11.6 Å². The predicted molar refractivity (Wildman–Crippen MR) is 131 cm³/mol. The van der Waals surface area contributed by atoms with Crippen LogP contribution in [0.1, 0.15) is 23.2 Å². The second-order valence-electron chi connectivity index (χ2n) is 8.53. The number of thioether (sulfide) groups is 1. The topological polar surface area (TPSA) is 93.7 Å². The first-order valence-electron chi connectivity index (χ1n) is 11.3. The molecule has 5 rings (SSSR count). The van der Waals surface area contributed by atoms with Crippen molar-refractivity contribution in [2.45, 2.75) is 17.7 Å². The third-order valence-electron chi connectivity index (χ3n) is 6.21. The Labute approximate surface area is 202 Å². The molecule has 0 atom stereocenters. The maximum absolute atomic E-state index is 12.8. The van der Waals surface area contributed by atoms with Gasteiger partial charge in [-0.25, -0.2) is 4.98 Å². The average Bonchev–Trinajstić information content (AvgIpc) is 2.87. The summed E-state index contributed by atoms with van der Waals surface area (Å²) in [5.41, 5.74) is 2.84. The molecular formula is C25H26N4O4S. The van der Waals surface area contributed by atoms with Gasteiger partial charge in [0.15, 0.2) is 5.78 Å². The number of rotatable bonds is 7. The fourth-order valence-corrected chi connectivity index (χ4v) is 5.07. The van der Waals surface area contributed by atoms with Gasteiger partial charge in [0.25, 0.3) is 0 Å². The first-order chi connectivity index (χ1) is 16.6. The van der Waals surface area contributed by atoms with Crippen LogP contribution in [0.25, 0.3) is 11.0 Å². The van der Waals surface area contributed by atoms with Gasteiger partial charge in [-0.3, -0.25) is 19.5 Å². The van der Waals surface area contributed by atoms with Crippen LogP contribution in [0.4, 0.5) is 5.69 Å². The zero-order valence-corrected chi connectivity index (χ0v) is 19.8. The van der Waals surface area contributed by atoms with E-state index in [2.05, 4.69) is 20.2 Å². The highest BCUT2D eigenvalue weighted by Crippen LogP contribution is 2.32. The molecule has 1 N–H and O–H groups in total. The second-order valence-corrected chi connectivity index (χ2v) is 9.55. The predicted octanol–water partition coefficient (Wildman–Crippen LogP) is 3.66. The van der Waals surface area contributed by atoms with Gasteiger partial charge in [-0.2, -0.15) is 0 Å². The molecule has 0 spiro atoms. The van der Waals surface area contributed by atoms with Crippen molar-refractivity contribution in [1.82, 2.24) is 14.9 Å². The molecule has 8 nitrogen and oxygen atoms in total. The van der Waals surface area contributed by atoms with Gasteiger partial charge in [0.1, 0.15) is 11.3 Å². The number of nitrogens with one attached hydrogen (secondary N) is 1. The van der Waals surface area contributed by atoms with E-state index >= 15 is 0 Å². The number of pyridine rings is 2. The zero-order valence-electron chi connectivity index (χ0n) is 19.0. The van der Waals surface area contributed by atoms with Crippen LogP contribution in [0.15, 0.2) is 47.5 Å². The maximum Gasteiger partial charge on any atom is 0.234 e. The van der Waals surface area contributed by atoms with Gasteiger partial charge in [-0.15, -0.1) is 11.8 Å². The molecule has 176 valence electrons. The monoisotopic (exact) mass is 478 g/mol. The molecule has 2 aliphatic rings. The standard InChI is InChI=1S/C25H26N4O4S/c1-32-24-5-3-18-25(28-24)21(6-9-26-18)33-14-16-7-10-29(11-8-16)13-20(30)17-2-4-22-19(12-17)27-23(31)15-34-22/h2-6,9,12,16H,7-8,10-11,13-15H2,1H3,(H,27,31). The Hall–Kier alpha value is -3.17. The minimum atomic E-state index is -0.0268. The van der Waals surface area contributed by atoms with Crippen molar-refractivity contribution in [1.29, 1.82) is 0 Å². The lowest BCUT2D eigenvalue weighted by molar-refractivity contribution is -0.113. The van der Waals surface area contributed by atoms with Gasteiger partial charge in [0.2, 0.25) is 11.8 Å². The number of methoxy groups -OCH3 is 1. The quantitative estimate of drug-likeness (QED) is 0.515. The highest BCUT2D eigenvalue weighted by Gasteiger charge is 2.23. The summed E-state index contributed by atoms with van der Waals surface area (Å²) >= 11 is 1.50. The summed E-state index contributed by atoms with van der Waals surface area (Å²) in [5.74, 6) is 2.12.